The van der Waals surface area contributed by atoms with Gasteiger partial charge in [-0.15, -0.1) is 10.2 Å². The van der Waals surface area contributed by atoms with E-state index in [1.807, 2.05) is 37.3 Å². The Morgan fingerprint density at radius 1 is 1.20 bits per heavy atom. The van der Waals surface area contributed by atoms with Gasteiger partial charge in [0, 0.05) is 41.1 Å². The van der Waals surface area contributed by atoms with Crippen molar-refractivity contribution in [2.75, 3.05) is 31.8 Å². The predicted molar refractivity (Wildman–Crippen MR) is 117 cm³/mol. The van der Waals surface area contributed by atoms with Crippen LogP contribution in [0.3, 0.4) is 0 Å². The zero-order valence-electron chi connectivity index (χ0n) is 17.1. The van der Waals surface area contributed by atoms with E-state index in [9.17, 15) is 4.79 Å². The molecule has 2 heterocycles. The molecule has 7 heteroatoms. The molecule has 1 aliphatic heterocycles. The van der Waals surface area contributed by atoms with E-state index in [1.165, 1.54) is 0 Å². The molecule has 0 bridgehead atoms. The summed E-state index contributed by atoms with van der Waals surface area (Å²) in [5.41, 5.74) is 2.02. The van der Waals surface area contributed by atoms with E-state index in [0.717, 1.165) is 54.4 Å². The van der Waals surface area contributed by atoms with E-state index in [-0.39, 0.29) is 6.79 Å². The molecule has 1 aromatic heterocycles. The average Bonchev–Trinajstić information content (AvgIpc) is 2.80. The lowest BCUT2D eigenvalue weighted by molar-refractivity contribution is 0.0227. The van der Waals surface area contributed by atoms with E-state index in [2.05, 4.69) is 20.8 Å². The van der Waals surface area contributed by atoms with E-state index in [0.29, 0.717) is 29.7 Å². The fourth-order valence-corrected chi connectivity index (χ4v) is 3.69. The Bertz CT molecular complexity index is 1020. The Balaban J connectivity index is 1.74. The molecule has 1 fully saturated rings. The number of piperidine rings is 1. The second-order valence-corrected chi connectivity index (χ2v) is 7.26. The summed E-state index contributed by atoms with van der Waals surface area (Å²) in [6, 6.07) is 13.7. The van der Waals surface area contributed by atoms with Crippen LogP contribution in [0.2, 0.25) is 0 Å². The number of fused-ring (bicyclic) bond motifs is 1. The summed E-state index contributed by atoms with van der Waals surface area (Å²) in [5, 5.41) is 18.0. The van der Waals surface area contributed by atoms with Gasteiger partial charge in [-0.05, 0) is 38.4 Å². The van der Waals surface area contributed by atoms with E-state index in [4.69, 9.17) is 9.47 Å². The number of carbonyl (C=O) groups is 1. The molecule has 0 radical (unpaired) electrons. The number of nitrogens with one attached hydrogen (secondary N) is 2. The minimum Gasteiger partial charge on any atom is -0.467 e. The third kappa shape index (κ3) is 4.42. The molecular weight excluding hydrogens is 380 g/mol. The zero-order valence-corrected chi connectivity index (χ0v) is 17.1. The normalized spacial score (nSPS) is 16.4. The molecule has 2 N–H and O–H groups in total. The highest BCUT2D eigenvalue weighted by atomic mass is 16.7. The monoisotopic (exact) mass is 406 g/mol. The van der Waals surface area contributed by atoms with Crippen molar-refractivity contribution in [3.8, 4) is 17.0 Å². The summed E-state index contributed by atoms with van der Waals surface area (Å²) < 4.78 is 11.1. The second kappa shape index (κ2) is 9.65. The van der Waals surface area contributed by atoms with Crippen molar-refractivity contribution in [3.63, 3.8) is 0 Å². The fourth-order valence-electron chi connectivity index (χ4n) is 3.69. The van der Waals surface area contributed by atoms with Gasteiger partial charge in [0.2, 0.25) is 0 Å². The standard InChI is InChI=1S/C23H26N4O3/c1-2-29-15-30-21-12-16(14-28)9-10-20(21)22-18-7-3-4-8-19(18)23(27-26-22)25-17-6-5-11-24-13-17/h3-4,7-10,12,14,17,24H,2,5-6,11,13,15H2,1H3,(H,25,27). The molecule has 30 heavy (non-hydrogen) atoms. The molecule has 0 spiro atoms. The zero-order chi connectivity index (χ0) is 20.8. The van der Waals surface area contributed by atoms with Gasteiger partial charge in [-0.2, -0.15) is 0 Å². The van der Waals surface area contributed by atoms with E-state index in [1.54, 1.807) is 12.1 Å². The maximum Gasteiger partial charge on any atom is 0.189 e. The first-order valence-electron chi connectivity index (χ1n) is 10.3. The molecule has 3 aromatic rings. The summed E-state index contributed by atoms with van der Waals surface area (Å²) in [4.78, 5) is 11.3. The minimum atomic E-state index is 0.103. The number of nitrogens with zero attached hydrogens (tertiary/aromatic N) is 2. The first-order chi connectivity index (χ1) is 14.8. The van der Waals surface area contributed by atoms with Crippen LogP contribution in [0.15, 0.2) is 42.5 Å². The number of carbonyl (C=O) groups excluding carboxylic acids is 1. The summed E-state index contributed by atoms with van der Waals surface area (Å²) in [6.07, 6.45) is 3.05. The van der Waals surface area contributed by atoms with Crippen molar-refractivity contribution < 1.29 is 14.3 Å². The van der Waals surface area contributed by atoms with Gasteiger partial charge >= 0.3 is 0 Å². The number of rotatable bonds is 8. The predicted octanol–water partition coefficient (Wildman–Crippen LogP) is 3.65. The minimum absolute atomic E-state index is 0.103. The average molecular weight is 406 g/mol. The van der Waals surface area contributed by atoms with Crippen LogP contribution < -0.4 is 15.4 Å². The van der Waals surface area contributed by atoms with Crippen LogP contribution in [0.1, 0.15) is 30.1 Å². The Morgan fingerprint density at radius 3 is 2.83 bits per heavy atom. The number of hydrogen-bond acceptors (Lipinski definition) is 7. The lowest BCUT2D eigenvalue weighted by Gasteiger charge is -2.24. The smallest absolute Gasteiger partial charge is 0.189 e. The highest BCUT2D eigenvalue weighted by Gasteiger charge is 2.18. The number of aromatic nitrogens is 2. The van der Waals surface area contributed by atoms with Crippen molar-refractivity contribution in [2.24, 2.45) is 0 Å². The second-order valence-electron chi connectivity index (χ2n) is 7.26. The lowest BCUT2D eigenvalue weighted by atomic mass is 10.0. The molecule has 0 aliphatic carbocycles. The van der Waals surface area contributed by atoms with Gasteiger partial charge in [0.05, 0.1) is 0 Å². The number of ether oxygens (including phenoxy) is 2. The third-order valence-electron chi connectivity index (χ3n) is 5.22. The quantitative estimate of drug-likeness (QED) is 0.335. The van der Waals surface area contributed by atoms with Crippen LogP contribution in [-0.4, -0.2) is 49.0 Å². The molecular formula is C23H26N4O3. The van der Waals surface area contributed by atoms with Gasteiger partial charge < -0.3 is 20.1 Å². The molecule has 1 saturated heterocycles. The van der Waals surface area contributed by atoms with Gasteiger partial charge in [0.1, 0.15) is 17.7 Å². The van der Waals surface area contributed by atoms with Crippen LogP contribution in [-0.2, 0) is 4.74 Å². The van der Waals surface area contributed by atoms with Crippen molar-refractivity contribution in [1.29, 1.82) is 0 Å². The van der Waals surface area contributed by atoms with Crippen molar-refractivity contribution in [3.05, 3.63) is 48.0 Å². The molecule has 1 aliphatic rings. The Labute approximate surface area is 175 Å². The molecule has 7 nitrogen and oxygen atoms in total. The van der Waals surface area contributed by atoms with Crippen molar-refractivity contribution in [2.45, 2.75) is 25.8 Å². The van der Waals surface area contributed by atoms with E-state index >= 15 is 0 Å². The Kier molecular flexibility index (Phi) is 6.51. The van der Waals surface area contributed by atoms with Crippen molar-refractivity contribution in [1.82, 2.24) is 15.5 Å². The van der Waals surface area contributed by atoms with Gasteiger partial charge in [-0.1, -0.05) is 30.3 Å². The number of hydrogen-bond donors (Lipinski definition) is 2. The number of benzene rings is 2. The largest absolute Gasteiger partial charge is 0.467 e. The van der Waals surface area contributed by atoms with Crippen LogP contribution in [0.5, 0.6) is 5.75 Å². The molecule has 2 aromatic carbocycles. The molecule has 1 unspecified atom stereocenters. The molecule has 0 amide bonds. The molecule has 0 saturated carbocycles. The summed E-state index contributed by atoms with van der Waals surface area (Å²) in [5.74, 6) is 1.33. The molecule has 156 valence electrons. The number of anilines is 1. The number of aldehydes is 1. The van der Waals surface area contributed by atoms with Gasteiger partial charge in [-0.3, -0.25) is 4.79 Å². The highest BCUT2D eigenvalue weighted by molar-refractivity contribution is 6.01. The Hall–Kier alpha value is -3.03. The van der Waals surface area contributed by atoms with Crippen LogP contribution in [0.4, 0.5) is 5.82 Å². The van der Waals surface area contributed by atoms with Crippen LogP contribution >= 0.6 is 0 Å². The maximum atomic E-state index is 11.3. The SMILES string of the molecule is CCOCOc1cc(C=O)ccc1-c1nnc(NC2CCCNC2)c2ccccc12. The molecule has 1 atom stereocenters. The van der Waals surface area contributed by atoms with Crippen LogP contribution in [0.25, 0.3) is 22.0 Å². The summed E-state index contributed by atoms with van der Waals surface area (Å²) in [7, 11) is 0. The van der Waals surface area contributed by atoms with E-state index < -0.39 is 0 Å². The Morgan fingerprint density at radius 2 is 2.07 bits per heavy atom. The van der Waals surface area contributed by atoms with Gasteiger partial charge in [0.15, 0.2) is 12.6 Å². The first-order valence-corrected chi connectivity index (χ1v) is 10.3. The van der Waals surface area contributed by atoms with Crippen LogP contribution in [0, 0.1) is 0 Å². The maximum absolute atomic E-state index is 11.3. The summed E-state index contributed by atoms with van der Waals surface area (Å²) >= 11 is 0. The lowest BCUT2D eigenvalue weighted by Crippen LogP contribution is -2.38. The topological polar surface area (TPSA) is 85.4 Å². The highest BCUT2D eigenvalue weighted by Crippen LogP contribution is 2.35. The van der Waals surface area contributed by atoms with Gasteiger partial charge in [-0.25, -0.2) is 0 Å². The first kappa shape index (κ1) is 20.3. The van der Waals surface area contributed by atoms with Crippen molar-refractivity contribution >= 4 is 22.9 Å². The fraction of sp³-hybridized carbons (Fsp3) is 0.348. The summed E-state index contributed by atoms with van der Waals surface area (Å²) in [6.45, 7) is 4.52. The molecule has 4 rings (SSSR count). The van der Waals surface area contributed by atoms with Gasteiger partial charge in [0.25, 0.3) is 0 Å². The third-order valence-corrected chi connectivity index (χ3v) is 5.22.